The molecule has 0 atom stereocenters. The van der Waals surface area contributed by atoms with Crippen molar-refractivity contribution in [2.45, 2.75) is 26.4 Å². The van der Waals surface area contributed by atoms with E-state index in [1.54, 1.807) is 20.8 Å². The molecule has 0 bridgehead atoms. The number of aromatic carboxylic acids is 1. The number of carboxylic acids is 1. The van der Waals surface area contributed by atoms with Crippen LogP contribution in [0.15, 0.2) is 10.9 Å². The fourth-order valence-electron chi connectivity index (χ4n) is 1.28. The van der Waals surface area contributed by atoms with E-state index in [0.29, 0.717) is 6.61 Å². The summed E-state index contributed by atoms with van der Waals surface area (Å²) in [5.41, 5.74) is -1.61. The van der Waals surface area contributed by atoms with Gasteiger partial charge in [-0.3, -0.25) is 4.79 Å². The van der Waals surface area contributed by atoms with Crippen molar-refractivity contribution >= 4 is 5.97 Å². The molecule has 1 rings (SSSR count). The van der Waals surface area contributed by atoms with Crippen LogP contribution in [0.25, 0.3) is 0 Å². The van der Waals surface area contributed by atoms with Crippen molar-refractivity contribution in [3.05, 3.63) is 27.9 Å². The monoisotopic (exact) mass is 226 g/mol. The van der Waals surface area contributed by atoms with Crippen LogP contribution in [-0.4, -0.2) is 27.7 Å². The lowest BCUT2D eigenvalue weighted by Gasteiger charge is -2.23. The van der Waals surface area contributed by atoms with Crippen LogP contribution in [-0.2, 0) is 10.3 Å². The predicted molar refractivity (Wildman–Crippen MR) is 56.5 cm³/mol. The summed E-state index contributed by atoms with van der Waals surface area (Å²) in [6, 6.07) is 0.938. The van der Waals surface area contributed by atoms with Gasteiger partial charge in [0.1, 0.15) is 11.4 Å². The van der Waals surface area contributed by atoms with Crippen molar-refractivity contribution in [2.24, 2.45) is 0 Å². The van der Waals surface area contributed by atoms with Gasteiger partial charge in [0.2, 0.25) is 0 Å². The average Bonchev–Trinajstić information content (AvgIpc) is 2.16. The van der Waals surface area contributed by atoms with Crippen molar-refractivity contribution in [2.75, 3.05) is 6.61 Å². The Morgan fingerprint density at radius 1 is 1.62 bits per heavy atom. The van der Waals surface area contributed by atoms with E-state index in [0.717, 1.165) is 6.07 Å². The van der Waals surface area contributed by atoms with Crippen LogP contribution in [0.4, 0.5) is 0 Å². The average molecular weight is 226 g/mol. The van der Waals surface area contributed by atoms with E-state index in [9.17, 15) is 9.59 Å². The molecule has 0 aliphatic rings. The van der Waals surface area contributed by atoms with Gasteiger partial charge in [0, 0.05) is 12.7 Å². The maximum Gasteiger partial charge on any atom is 0.354 e. The number of hydrogen-bond donors (Lipinski definition) is 2. The summed E-state index contributed by atoms with van der Waals surface area (Å²) in [5, 5.41) is 8.77. The van der Waals surface area contributed by atoms with Gasteiger partial charge >= 0.3 is 5.97 Å². The predicted octanol–water partition coefficient (Wildman–Crippen LogP) is 0.740. The Kier molecular flexibility index (Phi) is 3.44. The molecule has 0 amide bonds. The zero-order valence-electron chi connectivity index (χ0n) is 9.40. The summed E-state index contributed by atoms with van der Waals surface area (Å²) in [6.07, 6.45) is 0. The first-order valence-corrected chi connectivity index (χ1v) is 4.86. The first-order chi connectivity index (χ1) is 7.36. The molecule has 0 aliphatic heterocycles. The Morgan fingerprint density at radius 3 is 2.75 bits per heavy atom. The van der Waals surface area contributed by atoms with Crippen LogP contribution in [0.5, 0.6) is 0 Å². The molecule has 0 spiro atoms. The number of carbonyl (C=O) groups is 1. The molecule has 6 heteroatoms. The molecular formula is C10H14N2O4. The van der Waals surface area contributed by atoms with Crippen molar-refractivity contribution in [3.63, 3.8) is 0 Å². The molecule has 0 saturated heterocycles. The zero-order chi connectivity index (χ0) is 12.3. The van der Waals surface area contributed by atoms with Crippen LogP contribution >= 0.6 is 0 Å². The van der Waals surface area contributed by atoms with Crippen LogP contribution in [0.1, 0.15) is 37.1 Å². The van der Waals surface area contributed by atoms with Crippen LogP contribution in [0.3, 0.4) is 0 Å². The molecule has 1 aromatic heterocycles. The van der Waals surface area contributed by atoms with E-state index < -0.39 is 17.1 Å². The number of carboxylic acid groups (broad SMARTS) is 1. The number of aromatic amines is 1. The highest BCUT2D eigenvalue weighted by atomic mass is 16.5. The summed E-state index contributed by atoms with van der Waals surface area (Å²) >= 11 is 0. The minimum atomic E-state index is -1.24. The van der Waals surface area contributed by atoms with Gasteiger partial charge in [-0.15, -0.1) is 0 Å². The van der Waals surface area contributed by atoms with Crippen molar-refractivity contribution < 1.29 is 14.6 Å². The Bertz CT molecular complexity index is 450. The summed E-state index contributed by atoms with van der Waals surface area (Å²) in [6.45, 7) is 5.66. The lowest BCUT2D eigenvalue weighted by atomic mass is 10.1. The molecule has 1 heterocycles. The van der Waals surface area contributed by atoms with Gasteiger partial charge in [-0.05, 0) is 20.8 Å². The van der Waals surface area contributed by atoms with Crippen LogP contribution < -0.4 is 5.56 Å². The van der Waals surface area contributed by atoms with E-state index in [1.165, 1.54) is 0 Å². The molecule has 88 valence electrons. The minimum Gasteiger partial charge on any atom is -0.477 e. The van der Waals surface area contributed by atoms with E-state index in [1.807, 2.05) is 0 Å². The molecular weight excluding hydrogens is 212 g/mol. The quantitative estimate of drug-likeness (QED) is 0.789. The van der Waals surface area contributed by atoms with Crippen LogP contribution in [0, 0.1) is 0 Å². The second-order valence-corrected chi connectivity index (χ2v) is 3.73. The zero-order valence-corrected chi connectivity index (χ0v) is 9.40. The third-order valence-corrected chi connectivity index (χ3v) is 2.04. The van der Waals surface area contributed by atoms with Gasteiger partial charge in [-0.2, -0.15) is 0 Å². The van der Waals surface area contributed by atoms with Gasteiger partial charge < -0.3 is 14.8 Å². The Hall–Kier alpha value is -1.69. The maximum absolute atomic E-state index is 11.3. The fourth-order valence-corrected chi connectivity index (χ4v) is 1.28. The second-order valence-electron chi connectivity index (χ2n) is 3.73. The normalized spacial score (nSPS) is 11.4. The van der Waals surface area contributed by atoms with E-state index >= 15 is 0 Å². The van der Waals surface area contributed by atoms with Crippen molar-refractivity contribution in [1.82, 2.24) is 9.97 Å². The van der Waals surface area contributed by atoms with Crippen molar-refractivity contribution in [1.29, 1.82) is 0 Å². The topological polar surface area (TPSA) is 92.3 Å². The molecule has 0 aliphatic carbocycles. The molecule has 0 fully saturated rings. The Morgan fingerprint density at radius 2 is 2.25 bits per heavy atom. The third kappa shape index (κ3) is 2.66. The maximum atomic E-state index is 11.3. The number of nitrogens with zero attached hydrogens (tertiary/aromatic N) is 1. The summed E-state index contributed by atoms with van der Waals surface area (Å²) in [5.74, 6) is -1.03. The summed E-state index contributed by atoms with van der Waals surface area (Å²) < 4.78 is 5.38. The number of nitrogens with one attached hydrogen (secondary N) is 1. The second kappa shape index (κ2) is 4.44. The third-order valence-electron chi connectivity index (χ3n) is 2.04. The number of H-pyrrole nitrogens is 1. The lowest BCUT2D eigenvalue weighted by molar-refractivity contribution is -0.0211. The molecule has 16 heavy (non-hydrogen) atoms. The van der Waals surface area contributed by atoms with Crippen LogP contribution in [0.2, 0.25) is 0 Å². The lowest BCUT2D eigenvalue weighted by Crippen LogP contribution is -2.29. The molecule has 0 radical (unpaired) electrons. The highest BCUT2D eigenvalue weighted by Gasteiger charge is 2.25. The van der Waals surface area contributed by atoms with Gasteiger partial charge in [0.15, 0.2) is 5.69 Å². The minimum absolute atomic E-state index is 0.208. The first kappa shape index (κ1) is 12.4. The number of hydrogen-bond acceptors (Lipinski definition) is 4. The van der Waals surface area contributed by atoms with Gasteiger partial charge in [0.05, 0.1) is 0 Å². The van der Waals surface area contributed by atoms with Gasteiger partial charge in [-0.1, -0.05) is 0 Å². The van der Waals surface area contributed by atoms with Crippen molar-refractivity contribution in [3.8, 4) is 0 Å². The Balaban J connectivity index is 3.24. The number of ether oxygens (including phenoxy) is 1. The van der Waals surface area contributed by atoms with E-state index in [-0.39, 0.29) is 11.5 Å². The van der Waals surface area contributed by atoms with E-state index in [2.05, 4.69) is 9.97 Å². The SMILES string of the molecule is CCOC(C)(C)c1nc(C(=O)O)cc(=O)[nH]1. The molecule has 6 nitrogen and oxygen atoms in total. The first-order valence-electron chi connectivity index (χ1n) is 4.86. The molecule has 0 saturated carbocycles. The summed E-state index contributed by atoms with van der Waals surface area (Å²) in [4.78, 5) is 28.3. The highest BCUT2D eigenvalue weighted by Crippen LogP contribution is 2.19. The fraction of sp³-hybridized carbons (Fsp3) is 0.500. The molecule has 0 unspecified atom stereocenters. The van der Waals surface area contributed by atoms with Gasteiger partial charge in [0.25, 0.3) is 5.56 Å². The standard InChI is InChI=1S/C10H14N2O4/c1-4-16-10(2,3)9-11-6(8(14)15)5-7(13)12-9/h5H,4H2,1-3H3,(H,14,15)(H,11,12,13). The van der Waals surface area contributed by atoms with E-state index in [4.69, 9.17) is 9.84 Å². The summed E-state index contributed by atoms with van der Waals surface area (Å²) in [7, 11) is 0. The number of rotatable bonds is 4. The Labute approximate surface area is 92.3 Å². The molecule has 2 N–H and O–H groups in total. The largest absolute Gasteiger partial charge is 0.477 e. The number of aromatic nitrogens is 2. The molecule has 0 aromatic carbocycles. The smallest absolute Gasteiger partial charge is 0.354 e. The van der Waals surface area contributed by atoms with Gasteiger partial charge in [-0.25, -0.2) is 9.78 Å². The highest BCUT2D eigenvalue weighted by molar-refractivity contribution is 5.85. The molecule has 1 aromatic rings.